The van der Waals surface area contributed by atoms with Crippen molar-refractivity contribution in [1.29, 1.82) is 0 Å². The fourth-order valence-corrected chi connectivity index (χ4v) is 2.12. The molecule has 2 N–H and O–H groups in total. The summed E-state index contributed by atoms with van der Waals surface area (Å²) >= 11 is 0. The normalized spacial score (nSPS) is 18.3. The predicted molar refractivity (Wildman–Crippen MR) is 67.1 cm³/mol. The van der Waals surface area contributed by atoms with Crippen LogP contribution in [0, 0.1) is 10.1 Å². The van der Waals surface area contributed by atoms with Crippen LogP contribution >= 0.6 is 0 Å². The summed E-state index contributed by atoms with van der Waals surface area (Å²) in [5.41, 5.74) is -0.0708. The quantitative estimate of drug-likeness (QED) is 0.632. The SMILES string of the molecule is O=C(O)N1CCCC1CNc1ccc([N+](=O)[O-])cn1. The molecule has 1 saturated heterocycles. The molecule has 0 radical (unpaired) electrons. The second-order valence-corrected chi connectivity index (χ2v) is 4.31. The van der Waals surface area contributed by atoms with E-state index < -0.39 is 11.0 Å². The molecule has 102 valence electrons. The van der Waals surface area contributed by atoms with E-state index in [1.807, 2.05) is 0 Å². The number of rotatable bonds is 4. The number of likely N-dealkylation sites (tertiary alicyclic amines) is 1. The predicted octanol–water partition coefficient (Wildman–Crippen LogP) is 1.54. The van der Waals surface area contributed by atoms with Crippen LogP contribution < -0.4 is 5.32 Å². The molecule has 0 aromatic carbocycles. The monoisotopic (exact) mass is 266 g/mol. The molecule has 8 heteroatoms. The highest BCUT2D eigenvalue weighted by molar-refractivity contribution is 5.66. The maximum atomic E-state index is 11.0. The van der Waals surface area contributed by atoms with Crippen molar-refractivity contribution in [2.75, 3.05) is 18.4 Å². The summed E-state index contributed by atoms with van der Waals surface area (Å²) in [5.74, 6) is 0.503. The summed E-state index contributed by atoms with van der Waals surface area (Å²) in [6.07, 6.45) is 1.92. The molecule has 0 spiro atoms. The summed E-state index contributed by atoms with van der Waals surface area (Å²) < 4.78 is 0. The van der Waals surface area contributed by atoms with Gasteiger partial charge in [0.1, 0.15) is 12.0 Å². The zero-order valence-corrected chi connectivity index (χ0v) is 10.2. The molecule has 1 unspecified atom stereocenters. The third kappa shape index (κ3) is 3.09. The number of aromatic nitrogens is 1. The van der Waals surface area contributed by atoms with E-state index >= 15 is 0 Å². The molecule has 1 fully saturated rings. The minimum absolute atomic E-state index is 0.0708. The van der Waals surface area contributed by atoms with Gasteiger partial charge in [0.05, 0.1) is 11.0 Å². The largest absolute Gasteiger partial charge is 0.465 e. The van der Waals surface area contributed by atoms with Crippen molar-refractivity contribution in [3.8, 4) is 0 Å². The first kappa shape index (κ1) is 13.1. The molecule has 19 heavy (non-hydrogen) atoms. The molecule has 0 bridgehead atoms. The van der Waals surface area contributed by atoms with E-state index in [1.54, 1.807) is 0 Å². The Bertz CT molecular complexity index is 476. The lowest BCUT2D eigenvalue weighted by molar-refractivity contribution is -0.385. The van der Waals surface area contributed by atoms with Crippen LogP contribution in [0.3, 0.4) is 0 Å². The molecule has 1 aliphatic heterocycles. The van der Waals surface area contributed by atoms with Crippen molar-refractivity contribution in [2.45, 2.75) is 18.9 Å². The first-order valence-corrected chi connectivity index (χ1v) is 5.92. The van der Waals surface area contributed by atoms with Crippen molar-refractivity contribution in [3.05, 3.63) is 28.4 Å². The summed E-state index contributed by atoms with van der Waals surface area (Å²) in [5, 5.41) is 22.5. The standard InChI is InChI=1S/C11H14N4O4/c16-11(17)14-5-1-2-8(14)6-12-10-4-3-9(7-13-10)15(18)19/h3-4,7-8H,1-2,5-6H2,(H,12,13)(H,16,17). The Morgan fingerprint density at radius 1 is 1.63 bits per heavy atom. The van der Waals surface area contributed by atoms with Gasteiger partial charge in [-0.3, -0.25) is 10.1 Å². The molecule has 1 atom stereocenters. The van der Waals surface area contributed by atoms with Crippen LogP contribution in [0.4, 0.5) is 16.3 Å². The number of nitrogens with one attached hydrogen (secondary N) is 1. The van der Waals surface area contributed by atoms with Crippen LogP contribution in [-0.2, 0) is 0 Å². The van der Waals surface area contributed by atoms with Crippen molar-refractivity contribution in [2.24, 2.45) is 0 Å². The highest BCUT2D eigenvalue weighted by Gasteiger charge is 2.28. The lowest BCUT2D eigenvalue weighted by Gasteiger charge is -2.21. The lowest BCUT2D eigenvalue weighted by Crippen LogP contribution is -2.38. The average molecular weight is 266 g/mol. The topological polar surface area (TPSA) is 109 Å². The minimum Gasteiger partial charge on any atom is -0.465 e. The summed E-state index contributed by atoms with van der Waals surface area (Å²) in [6, 6.07) is 2.80. The van der Waals surface area contributed by atoms with Crippen molar-refractivity contribution in [3.63, 3.8) is 0 Å². The van der Waals surface area contributed by atoms with Crippen molar-refractivity contribution >= 4 is 17.6 Å². The van der Waals surface area contributed by atoms with Gasteiger partial charge in [-0.1, -0.05) is 0 Å². The molecule has 2 heterocycles. The van der Waals surface area contributed by atoms with Gasteiger partial charge in [0.2, 0.25) is 0 Å². The minimum atomic E-state index is -0.916. The Morgan fingerprint density at radius 3 is 3.00 bits per heavy atom. The fourth-order valence-electron chi connectivity index (χ4n) is 2.12. The molecule has 1 amide bonds. The Balaban J connectivity index is 1.91. The zero-order chi connectivity index (χ0) is 13.8. The third-order valence-corrected chi connectivity index (χ3v) is 3.10. The molecule has 0 aliphatic carbocycles. The lowest BCUT2D eigenvalue weighted by atomic mass is 10.2. The van der Waals surface area contributed by atoms with Gasteiger partial charge in [-0.05, 0) is 18.9 Å². The number of pyridine rings is 1. The number of hydrogen-bond acceptors (Lipinski definition) is 5. The maximum Gasteiger partial charge on any atom is 0.407 e. The molecular formula is C11H14N4O4. The van der Waals surface area contributed by atoms with E-state index in [2.05, 4.69) is 10.3 Å². The van der Waals surface area contributed by atoms with E-state index in [0.29, 0.717) is 18.9 Å². The number of anilines is 1. The van der Waals surface area contributed by atoms with Crippen LogP contribution in [0.15, 0.2) is 18.3 Å². The Kier molecular flexibility index (Phi) is 3.79. The van der Waals surface area contributed by atoms with Gasteiger partial charge in [0, 0.05) is 19.2 Å². The van der Waals surface area contributed by atoms with Crippen LogP contribution in [0.1, 0.15) is 12.8 Å². The van der Waals surface area contributed by atoms with E-state index in [4.69, 9.17) is 5.11 Å². The molecule has 1 aliphatic rings. The van der Waals surface area contributed by atoms with Gasteiger partial charge in [0.15, 0.2) is 0 Å². The van der Waals surface area contributed by atoms with E-state index in [-0.39, 0.29) is 11.7 Å². The number of nitrogens with zero attached hydrogens (tertiary/aromatic N) is 3. The number of nitro groups is 1. The van der Waals surface area contributed by atoms with Crippen LogP contribution in [0.2, 0.25) is 0 Å². The van der Waals surface area contributed by atoms with Gasteiger partial charge < -0.3 is 15.3 Å². The summed E-state index contributed by atoms with van der Waals surface area (Å²) in [7, 11) is 0. The second kappa shape index (κ2) is 5.51. The first-order chi connectivity index (χ1) is 9.08. The number of amides is 1. The maximum absolute atomic E-state index is 11.0. The molecule has 1 aromatic rings. The van der Waals surface area contributed by atoms with Gasteiger partial charge in [-0.15, -0.1) is 0 Å². The van der Waals surface area contributed by atoms with E-state index in [1.165, 1.54) is 23.2 Å². The number of carbonyl (C=O) groups is 1. The van der Waals surface area contributed by atoms with Gasteiger partial charge >= 0.3 is 6.09 Å². The number of hydrogen-bond donors (Lipinski definition) is 2. The summed E-state index contributed by atoms with van der Waals surface area (Å²) in [4.78, 5) is 26.2. The van der Waals surface area contributed by atoms with Crippen LogP contribution in [0.5, 0.6) is 0 Å². The van der Waals surface area contributed by atoms with Crippen LogP contribution in [0.25, 0.3) is 0 Å². The first-order valence-electron chi connectivity index (χ1n) is 5.92. The van der Waals surface area contributed by atoms with E-state index in [0.717, 1.165) is 12.8 Å². The zero-order valence-electron chi connectivity index (χ0n) is 10.2. The Labute approximate surface area is 109 Å². The van der Waals surface area contributed by atoms with Gasteiger partial charge in [0.25, 0.3) is 5.69 Å². The average Bonchev–Trinajstić information content (AvgIpc) is 2.85. The van der Waals surface area contributed by atoms with E-state index in [9.17, 15) is 14.9 Å². The molecule has 0 saturated carbocycles. The third-order valence-electron chi connectivity index (χ3n) is 3.10. The smallest absolute Gasteiger partial charge is 0.407 e. The highest BCUT2D eigenvalue weighted by atomic mass is 16.6. The second-order valence-electron chi connectivity index (χ2n) is 4.31. The number of carboxylic acid groups (broad SMARTS) is 1. The van der Waals surface area contributed by atoms with Crippen molar-refractivity contribution < 1.29 is 14.8 Å². The Morgan fingerprint density at radius 2 is 2.42 bits per heavy atom. The molecular weight excluding hydrogens is 252 g/mol. The van der Waals surface area contributed by atoms with Crippen LogP contribution in [-0.4, -0.2) is 45.1 Å². The molecule has 8 nitrogen and oxygen atoms in total. The van der Waals surface area contributed by atoms with Gasteiger partial charge in [-0.2, -0.15) is 0 Å². The Hall–Kier alpha value is -2.38. The molecule has 2 rings (SSSR count). The van der Waals surface area contributed by atoms with Crippen molar-refractivity contribution in [1.82, 2.24) is 9.88 Å². The van der Waals surface area contributed by atoms with Gasteiger partial charge in [-0.25, -0.2) is 9.78 Å². The molecule has 1 aromatic heterocycles. The summed E-state index contributed by atoms with van der Waals surface area (Å²) in [6.45, 7) is 1.01. The fraction of sp³-hybridized carbons (Fsp3) is 0.455. The highest BCUT2D eigenvalue weighted by Crippen LogP contribution is 2.18.